The van der Waals surface area contributed by atoms with E-state index in [1.165, 1.54) is 12.4 Å². The first-order valence-electron chi connectivity index (χ1n) is 6.16. The summed E-state index contributed by atoms with van der Waals surface area (Å²) in [6.07, 6.45) is 2.60. The molecule has 1 aromatic carbocycles. The van der Waals surface area contributed by atoms with Crippen molar-refractivity contribution in [2.75, 3.05) is 11.9 Å². The molecule has 0 saturated heterocycles. The van der Waals surface area contributed by atoms with Crippen LogP contribution in [0.4, 0.5) is 14.5 Å². The molecular weight excluding hydrogens is 296 g/mol. The van der Waals surface area contributed by atoms with Gasteiger partial charge in [-0.25, -0.2) is 18.6 Å². The van der Waals surface area contributed by atoms with Gasteiger partial charge in [-0.2, -0.15) is 0 Å². The van der Waals surface area contributed by atoms with E-state index in [2.05, 4.69) is 15.3 Å². The topological polar surface area (TPSA) is 81.2 Å². The zero-order valence-corrected chi connectivity index (χ0v) is 11.5. The van der Waals surface area contributed by atoms with E-state index in [4.69, 9.17) is 4.74 Å². The number of aryl methyl sites for hydroxylation is 1. The Morgan fingerprint density at radius 1 is 1.23 bits per heavy atom. The van der Waals surface area contributed by atoms with E-state index in [-0.39, 0.29) is 11.4 Å². The highest BCUT2D eigenvalue weighted by atomic mass is 19.1. The van der Waals surface area contributed by atoms with Crippen LogP contribution in [0.15, 0.2) is 30.6 Å². The summed E-state index contributed by atoms with van der Waals surface area (Å²) in [6, 6.07) is 2.69. The number of rotatable bonds is 4. The number of carbonyl (C=O) groups excluding carboxylic acids is 2. The van der Waals surface area contributed by atoms with Gasteiger partial charge in [-0.1, -0.05) is 0 Å². The molecule has 0 aliphatic carbocycles. The lowest BCUT2D eigenvalue weighted by atomic mass is 10.3. The minimum Gasteiger partial charge on any atom is -0.451 e. The number of halogens is 2. The van der Waals surface area contributed by atoms with Crippen LogP contribution in [-0.4, -0.2) is 28.5 Å². The van der Waals surface area contributed by atoms with Gasteiger partial charge in [0.25, 0.3) is 5.91 Å². The fourth-order valence-corrected chi connectivity index (χ4v) is 1.48. The van der Waals surface area contributed by atoms with Crippen molar-refractivity contribution in [2.24, 2.45) is 0 Å². The Kier molecular flexibility index (Phi) is 4.72. The van der Waals surface area contributed by atoms with Crippen molar-refractivity contribution in [3.63, 3.8) is 0 Å². The molecule has 0 atom stereocenters. The van der Waals surface area contributed by atoms with Crippen molar-refractivity contribution in [1.29, 1.82) is 0 Å². The summed E-state index contributed by atoms with van der Waals surface area (Å²) < 4.78 is 30.8. The number of nitrogens with one attached hydrogen (secondary N) is 1. The minimum atomic E-state index is -0.927. The van der Waals surface area contributed by atoms with Gasteiger partial charge in [0.1, 0.15) is 11.6 Å². The second-order valence-corrected chi connectivity index (χ2v) is 4.29. The maximum Gasteiger partial charge on any atom is 0.359 e. The molecule has 0 radical (unpaired) electrons. The monoisotopic (exact) mass is 307 g/mol. The van der Waals surface area contributed by atoms with Crippen LogP contribution in [0.1, 0.15) is 16.2 Å². The molecule has 22 heavy (non-hydrogen) atoms. The van der Waals surface area contributed by atoms with Crippen molar-refractivity contribution < 1.29 is 23.1 Å². The quantitative estimate of drug-likeness (QED) is 0.872. The molecule has 6 nitrogen and oxygen atoms in total. The summed E-state index contributed by atoms with van der Waals surface area (Å²) in [4.78, 5) is 30.8. The van der Waals surface area contributed by atoms with Gasteiger partial charge in [-0.05, 0) is 19.1 Å². The number of hydrogen-bond acceptors (Lipinski definition) is 5. The van der Waals surface area contributed by atoms with E-state index in [1.807, 2.05) is 0 Å². The normalized spacial score (nSPS) is 10.1. The molecule has 0 fully saturated rings. The Bertz CT molecular complexity index is 705. The smallest absolute Gasteiger partial charge is 0.359 e. The molecular formula is C14H11F2N3O3. The first-order valence-corrected chi connectivity index (χ1v) is 6.16. The maximum atomic E-state index is 13.3. The molecule has 0 saturated carbocycles. The van der Waals surface area contributed by atoms with E-state index in [0.29, 0.717) is 11.8 Å². The lowest BCUT2D eigenvalue weighted by Gasteiger charge is -2.07. The Morgan fingerprint density at radius 3 is 2.64 bits per heavy atom. The highest BCUT2D eigenvalue weighted by molar-refractivity contribution is 5.94. The summed E-state index contributed by atoms with van der Waals surface area (Å²) in [5.74, 6) is -3.29. The summed E-state index contributed by atoms with van der Waals surface area (Å²) in [7, 11) is 0. The maximum absolute atomic E-state index is 13.3. The van der Waals surface area contributed by atoms with Crippen LogP contribution >= 0.6 is 0 Å². The van der Waals surface area contributed by atoms with Crippen molar-refractivity contribution >= 4 is 17.6 Å². The van der Waals surface area contributed by atoms with E-state index >= 15 is 0 Å². The van der Waals surface area contributed by atoms with Crippen LogP contribution in [0, 0.1) is 18.6 Å². The van der Waals surface area contributed by atoms with Gasteiger partial charge in [-0.3, -0.25) is 9.78 Å². The SMILES string of the molecule is Cc1cnc(C(=O)OCC(=O)Nc2ccc(F)cc2F)cn1. The zero-order valence-electron chi connectivity index (χ0n) is 11.5. The van der Waals surface area contributed by atoms with Crippen LogP contribution in [-0.2, 0) is 9.53 Å². The first kappa shape index (κ1) is 15.5. The molecule has 1 N–H and O–H groups in total. The van der Waals surface area contributed by atoms with Gasteiger partial charge in [0.2, 0.25) is 0 Å². The molecule has 1 heterocycles. The molecule has 8 heteroatoms. The Hall–Kier alpha value is -2.90. The lowest BCUT2D eigenvalue weighted by molar-refractivity contribution is -0.119. The third-order valence-corrected chi connectivity index (χ3v) is 2.53. The molecule has 0 unspecified atom stereocenters. The number of amides is 1. The Balaban J connectivity index is 1.89. The van der Waals surface area contributed by atoms with Crippen LogP contribution in [0.3, 0.4) is 0 Å². The van der Waals surface area contributed by atoms with Crippen LogP contribution in [0.5, 0.6) is 0 Å². The molecule has 2 aromatic rings. The number of carbonyl (C=O) groups is 2. The van der Waals surface area contributed by atoms with Crippen LogP contribution < -0.4 is 5.32 Å². The number of ether oxygens (including phenoxy) is 1. The van der Waals surface area contributed by atoms with Gasteiger partial charge in [0.05, 0.1) is 17.6 Å². The number of esters is 1. The van der Waals surface area contributed by atoms with E-state index < -0.39 is 30.1 Å². The second-order valence-electron chi connectivity index (χ2n) is 4.29. The van der Waals surface area contributed by atoms with Gasteiger partial charge >= 0.3 is 5.97 Å². The number of hydrogen-bond donors (Lipinski definition) is 1. The zero-order chi connectivity index (χ0) is 16.1. The van der Waals surface area contributed by atoms with Gasteiger partial charge in [0.15, 0.2) is 12.3 Å². The van der Waals surface area contributed by atoms with Crippen LogP contribution in [0.25, 0.3) is 0 Å². The molecule has 1 amide bonds. The lowest BCUT2D eigenvalue weighted by Crippen LogP contribution is -2.22. The number of aromatic nitrogens is 2. The molecule has 114 valence electrons. The first-order chi connectivity index (χ1) is 10.5. The Morgan fingerprint density at radius 2 is 2.00 bits per heavy atom. The van der Waals surface area contributed by atoms with Crippen molar-refractivity contribution in [2.45, 2.75) is 6.92 Å². The molecule has 0 spiro atoms. The molecule has 2 rings (SSSR count). The highest BCUT2D eigenvalue weighted by Gasteiger charge is 2.13. The molecule has 0 aliphatic rings. The van der Waals surface area contributed by atoms with Crippen LogP contribution in [0.2, 0.25) is 0 Å². The standard InChI is InChI=1S/C14H11F2N3O3/c1-8-5-18-12(6-17-8)14(21)22-7-13(20)19-11-3-2-9(15)4-10(11)16/h2-6H,7H2,1H3,(H,19,20). The fourth-order valence-electron chi connectivity index (χ4n) is 1.48. The van der Waals surface area contributed by atoms with Gasteiger partial charge in [-0.15, -0.1) is 0 Å². The van der Waals surface area contributed by atoms with E-state index in [9.17, 15) is 18.4 Å². The Labute approximate surface area is 124 Å². The van der Waals surface area contributed by atoms with Crippen molar-refractivity contribution in [3.05, 3.63) is 53.6 Å². The fraction of sp³-hybridized carbons (Fsp3) is 0.143. The minimum absolute atomic E-state index is 0.0497. The molecule has 1 aromatic heterocycles. The van der Waals surface area contributed by atoms with Gasteiger partial charge in [0, 0.05) is 12.3 Å². The van der Waals surface area contributed by atoms with Crippen molar-refractivity contribution in [1.82, 2.24) is 9.97 Å². The summed E-state index contributed by atoms with van der Waals surface area (Å²) in [5.41, 5.74) is 0.366. The average molecular weight is 307 g/mol. The van der Waals surface area contributed by atoms with Crippen molar-refractivity contribution in [3.8, 4) is 0 Å². The summed E-state index contributed by atoms with van der Waals surface area (Å²) in [6.45, 7) is 1.07. The highest BCUT2D eigenvalue weighted by Crippen LogP contribution is 2.14. The third-order valence-electron chi connectivity index (χ3n) is 2.53. The largest absolute Gasteiger partial charge is 0.451 e. The summed E-state index contributed by atoms with van der Waals surface area (Å²) >= 11 is 0. The van der Waals surface area contributed by atoms with E-state index in [1.54, 1.807) is 6.92 Å². The summed E-state index contributed by atoms with van der Waals surface area (Å²) in [5, 5.41) is 2.16. The third kappa shape index (κ3) is 4.05. The predicted octanol–water partition coefficient (Wildman–Crippen LogP) is 1.86. The van der Waals surface area contributed by atoms with Gasteiger partial charge < -0.3 is 10.1 Å². The van der Waals surface area contributed by atoms with E-state index in [0.717, 1.165) is 12.1 Å². The second kappa shape index (κ2) is 6.70. The number of anilines is 1. The molecule has 0 bridgehead atoms. The number of benzene rings is 1. The average Bonchev–Trinajstić information content (AvgIpc) is 2.48. The predicted molar refractivity (Wildman–Crippen MR) is 72.0 cm³/mol. The number of nitrogens with zero attached hydrogens (tertiary/aromatic N) is 2. The molecule has 0 aliphatic heterocycles.